The van der Waals surface area contributed by atoms with Gasteiger partial charge in [0.2, 0.25) is 0 Å². The summed E-state index contributed by atoms with van der Waals surface area (Å²) in [4.78, 5) is 12.9. The number of nitrogens with zero attached hydrogens (tertiary/aromatic N) is 1. The SMILES string of the molecule is O=C(N1CCSc2ccc(CO)cc2C1)C(F)(F)F. The molecule has 0 aromatic heterocycles. The molecule has 1 aliphatic heterocycles. The molecule has 0 unspecified atom stereocenters. The van der Waals surface area contributed by atoms with Crippen LogP contribution in [0.4, 0.5) is 13.2 Å². The molecule has 0 radical (unpaired) electrons. The number of benzene rings is 1. The highest BCUT2D eigenvalue weighted by Crippen LogP contribution is 2.30. The van der Waals surface area contributed by atoms with Gasteiger partial charge in [-0.2, -0.15) is 13.2 Å². The first-order chi connectivity index (χ1) is 8.91. The van der Waals surface area contributed by atoms with Crippen molar-refractivity contribution in [2.75, 3.05) is 12.3 Å². The van der Waals surface area contributed by atoms with Crippen LogP contribution in [0.3, 0.4) is 0 Å². The average molecular weight is 291 g/mol. The Morgan fingerprint density at radius 2 is 2.16 bits per heavy atom. The third-order valence-corrected chi connectivity index (χ3v) is 3.91. The van der Waals surface area contributed by atoms with Crippen LogP contribution in [-0.4, -0.2) is 34.4 Å². The van der Waals surface area contributed by atoms with Crippen molar-refractivity contribution in [3.63, 3.8) is 0 Å². The Kier molecular flexibility index (Phi) is 4.05. The van der Waals surface area contributed by atoms with Crippen LogP contribution in [0.5, 0.6) is 0 Å². The third-order valence-electron chi connectivity index (χ3n) is 2.82. The van der Waals surface area contributed by atoms with Crippen LogP contribution >= 0.6 is 11.8 Å². The lowest BCUT2D eigenvalue weighted by atomic mass is 10.1. The minimum atomic E-state index is -4.84. The van der Waals surface area contributed by atoms with E-state index >= 15 is 0 Å². The summed E-state index contributed by atoms with van der Waals surface area (Å²) in [5.74, 6) is -1.39. The van der Waals surface area contributed by atoms with Gasteiger partial charge in [-0.1, -0.05) is 12.1 Å². The summed E-state index contributed by atoms with van der Waals surface area (Å²) < 4.78 is 37.3. The van der Waals surface area contributed by atoms with Gasteiger partial charge in [-0.05, 0) is 17.2 Å². The summed E-state index contributed by atoms with van der Waals surface area (Å²) in [5.41, 5.74) is 1.27. The van der Waals surface area contributed by atoms with Crippen LogP contribution in [0.2, 0.25) is 0 Å². The topological polar surface area (TPSA) is 40.5 Å². The molecule has 0 aliphatic carbocycles. The van der Waals surface area contributed by atoms with E-state index in [0.29, 0.717) is 16.9 Å². The molecule has 1 amide bonds. The van der Waals surface area contributed by atoms with Crippen molar-refractivity contribution in [3.8, 4) is 0 Å². The fourth-order valence-electron chi connectivity index (χ4n) is 1.90. The van der Waals surface area contributed by atoms with Crippen molar-refractivity contribution < 1.29 is 23.1 Å². The van der Waals surface area contributed by atoms with Gasteiger partial charge in [0.1, 0.15) is 0 Å². The average Bonchev–Trinajstić information content (AvgIpc) is 2.57. The number of carbonyl (C=O) groups is 1. The monoisotopic (exact) mass is 291 g/mol. The molecule has 1 aromatic rings. The summed E-state index contributed by atoms with van der Waals surface area (Å²) in [7, 11) is 0. The minimum absolute atomic E-state index is 0.0617. The maximum atomic E-state index is 12.4. The van der Waals surface area contributed by atoms with Crippen molar-refractivity contribution >= 4 is 17.7 Å². The lowest BCUT2D eigenvalue weighted by Gasteiger charge is -2.21. The molecule has 19 heavy (non-hydrogen) atoms. The first-order valence-corrected chi connectivity index (χ1v) is 6.62. The number of alkyl halides is 3. The fourth-order valence-corrected chi connectivity index (χ4v) is 2.90. The number of hydrogen-bond donors (Lipinski definition) is 1. The van der Waals surface area contributed by atoms with E-state index in [-0.39, 0.29) is 19.7 Å². The largest absolute Gasteiger partial charge is 0.471 e. The molecule has 0 atom stereocenters. The van der Waals surface area contributed by atoms with Crippen molar-refractivity contribution in [3.05, 3.63) is 29.3 Å². The number of halogens is 3. The highest BCUT2D eigenvalue weighted by Gasteiger charge is 2.42. The number of carbonyl (C=O) groups excluding carboxylic acids is 1. The highest BCUT2D eigenvalue weighted by atomic mass is 32.2. The Morgan fingerprint density at radius 1 is 1.42 bits per heavy atom. The Morgan fingerprint density at radius 3 is 2.79 bits per heavy atom. The zero-order chi connectivity index (χ0) is 14.0. The molecule has 0 fully saturated rings. The lowest BCUT2D eigenvalue weighted by molar-refractivity contribution is -0.185. The van der Waals surface area contributed by atoms with E-state index in [4.69, 9.17) is 5.11 Å². The van der Waals surface area contributed by atoms with E-state index < -0.39 is 12.1 Å². The molecule has 0 spiro atoms. The van der Waals surface area contributed by atoms with Gasteiger partial charge >= 0.3 is 12.1 Å². The maximum absolute atomic E-state index is 12.4. The molecule has 104 valence electrons. The Bertz CT molecular complexity index is 490. The van der Waals surface area contributed by atoms with Crippen LogP contribution in [0.15, 0.2) is 23.1 Å². The molecule has 1 heterocycles. The van der Waals surface area contributed by atoms with E-state index in [1.807, 2.05) is 0 Å². The quantitative estimate of drug-likeness (QED) is 0.862. The van der Waals surface area contributed by atoms with E-state index in [0.717, 1.165) is 9.80 Å². The molecule has 1 aromatic carbocycles. The molecule has 7 heteroatoms. The van der Waals surface area contributed by atoms with Gasteiger partial charge in [-0.15, -0.1) is 11.8 Å². The van der Waals surface area contributed by atoms with E-state index in [1.54, 1.807) is 18.2 Å². The molecule has 2 rings (SSSR count). The second-order valence-corrected chi connectivity index (χ2v) is 5.31. The highest BCUT2D eigenvalue weighted by molar-refractivity contribution is 7.99. The van der Waals surface area contributed by atoms with E-state index in [1.165, 1.54) is 11.8 Å². The lowest BCUT2D eigenvalue weighted by Crippen LogP contribution is -2.41. The fraction of sp³-hybridized carbons (Fsp3) is 0.417. The molecule has 1 aliphatic rings. The zero-order valence-electron chi connectivity index (χ0n) is 9.91. The summed E-state index contributed by atoms with van der Waals surface area (Å²) in [6, 6.07) is 5.14. The predicted molar refractivity (Wildman–Crippen MR) is 64.6 cm³/mol. The van der Waals surface area contributed by atoms with E-state index in [9.17, 15) is 18.0 Å². The number of hydrogen-bond acceptors (Lipinski definition) is 3. The molecular weight excluding hydrogens is 279 g/mol. The predicted octanol–water partition coefficient (Wildman–Crippen LogP) is 2.18. The van der Waals surface area contributed by atoms with Crippen molar-refractivity contribution in [2.24, 2.45) is 0 Å². The van der Waals surface area contributed by atoms with Crippen LogP contribution in [-0.2, 0) is 17.9 Å². The molecule has 1 N–H and O–H groups in total. The molecule has 0 bridgehead atoms. The summed E-state index contributed by atoms with van der Waals surface area (Å²) in [6.45, 7) is -0.189. The van der Waals surface area contributed by atoms with Crippen LogP contribution in [0.1, 0.15) is 11.1 Å². The van der Waals surface area contributed by atoms with Crippen LogP contribution < -0.4 is 0 Å². The van der Waals surface area contributed by atoms with Gasteiger partial charge in [0.15, 0.2) is 0 Å². The summed E-state index contributed by atoms with van der Waals surface area (Å²) >= 11 is 1.42. The van der Waals surface area contributed by atoms with Gasteiger partial charge in [-0.3, -0.25) is 4.79 Å². The van der Waals surface area contributed by atoms with Crippen molar-refractivity contribution in [1.82, 2.24) is 4.90 Å². The number of thioether (sulfide) groups is 1. The number of aliphatic hydroxyl groups is 1. The standard InChI is InChI=1S/C12H12F3NO2S/c13-12(14,15)11(18)16-3-4-19-10-2-1-8(7-17)5-9(10)6-16/h1-2,5,17H,3-4,6-7H2. The zero-order valence-corrected chi connectivity index (χ0v) is 10.7. The first-order valence-electron chi connectivity index (χ1n) is 5.63. The van der Waals surface area contributed by atoms with Crippen molar-refractivity contribution in [1.29, 1.82) is 0 Å². The second-order valence-electron chi connectivity index (χ2n) is 4.17. The molecular formula is C12H12F3NO2S. The summed E-state index contributed by atoms with van der Waals surface area (Å²) in [5, 5.41) is 9.05. The Balaban J connectivity index is 2.26. The minimum Gasteiger partial charge on any atom is -0.392 e. The number of amides is 1. The van der Waals surface area contributed by atoms with Crippen molar-refractivity contribution in [2.45, 2.75) is 24.2 Å². The summed E-state index contributed by atoms with van der Waals surface area (Å²) in [6.07, 6.45) is -4.84. The Labute approximate surface area is 112 Å². The normalized spacial score (nSPS) is 15.9. The third kappa shape index (κ3) is 3.22. The molecule has 0 saturated carbocycles. The van der Waals surface area contributed by atoms with Crippen LogP contribution in [0, 0.1) is 0 Å². The van der Waals surface area contributed by atoms with Gasteiger partial charge in [0.25, 0.3) is 0 Å². The van der Waals surface area contributed by atoms with Gasteiger partial charge in [0.05, 0.1) is 6.61 Å². The Hall–Kier alpha value is -1.21. The maximum Gasteiger partial charge on any atom is 0.471 e. The van der Waals surface area contributed by atoms with Crippen LogP contribution in [0.25, 0.3) is 0 Å². The smallest absolute Gasteiger partial charge is 0.392 e. The van der Waals surface area contributed by atoms with E-state index in [2.05, 4.69) is 0 Å². The number of fused-ring (bicyclic) bond motifs is 1. The number of aliphatic hydroxyl groups excluding tert-OH is 1. The van der Waals surface area contributed by atoms with Gasteiger partial charge in [0, 0.05) is 23.7 Å². The molecule has 3 nitrogen and oxygen atoms in total. The number of rotatable bonds is 1. The second kappa shape index (κ2) is 5.42. The van der Waals surface area contributed by atoms with Gasteiger partial charge < -0.3 is 10.0 Å². The molecule has 0 saturated heterocycles. The first kappa shape index (κ1) is 14.2. The van der Waals surface area contributed by atoms with Gasteiger partial charge in [-0.25, -0.2) is 0 Å².